The van der Waals surface area contributed by atoms with Gasteiger partial charge in [-0.15, -0.1) is 0 Å². The number of nitrogens with zero attached hydrogens (tertiary/aromatic N) is 2. The van der Waals surface area contributed by atoms with E-state index in [-0.39, 0.29) is 25.0 Å². The number of rotatable bonds is 9. The number of anilines is 1. The zero-order chi connectivity index (χ0) is 25.6. The highest BCUT2D eigenvalue weighted by Gasteiger charge is 2.31. The second kappa shape index (κ2) is 11.7. The summed E-state index contributed by atoms with van der Waals surface area (Å²) in [7, 11) is -3.72. The highest BCUT2D eigenvalue weighted by atomic mass is 32.2. The van der Waals surface area contributed by atoms with E-state index in [4.69, 9.17) is 0 Å². The number of aryl methyl sites for hydroxylation is 2. The first kappa shape index (κ1) is 26.7. The predicted octanol–water partition coefficient (Wildman–Crippen LogP) is 3.94. The van der Waals surface area contributed by atoms with E-state index in [1.54, 1.807) is 19.1 Å². The van der Waals surface area contributed by atoms with Crippen molar-refractivity contribution in [3.05, 3.63) is 65.2 Å². The van der Waals surface area contributed by atoms with E-state index in [1.807, 2.05) is 50.2 Å². The van der Waals surface area contributed by atoms with Gasteiger partial charge in [0, 0.05) is 12.6 Å². The summed E-state index contributed by atoms with van der Waals surface area (Å²) in [4.78, 5) is 28.2. The molecule has 0 radical (unpaired) electrons. The number of carbonyl (C=O) groups excluding carboxylic acids is 2. The highest BCUT2D eigenvalue weighted by Crippen LogP contribution is 2.21. The molecule has 1 saturated carbocycles. The van der Waals surface area contributed by atoms with Crippen molar-refractivity contribution in [3.8, 4) is 0 Å². The van der Waals surface area contributed by atoms with Gasteiger partial charge >= 0.3 is 0 Å². The first-order valence-electron chi connectivity index (χ1n) is 12.2. The molecule has 2 aromatic rings. The fourth-order valence-corrected chi connectivity index (χ4v) is 5.22. The molecule has 1 atom stereocenters. The summed E-state index contributed by atoms with van der Waals surface area (Å²) in [5, 5.41) is 3.11. The molecule has 0 heterocycles. The number of amides is 2. The van der Waals surface area contributed by atoms with Crippen LogP contribution in [0.15, 0.2) is 48.5 Å². The Bertz CT molecular complexity index is 1110. The molecular formula is C27H37N3O4S. The predicted molar refractivity (Wildman–Crippen MR) is 140 cm³/mol. The summed E-state index contributed by atoms with van der Waals surface area (Å²) in [6.07, 6.45) is 6.33. The van der Waals surface area contributed by atoms with Crippen molar-refractivity contribution >= 4 is 27.5 Å². The maximum absolute atomic E-state index is 13.6. The lowest BCUT2D eigenvalue weighted by Gasteiger charge is -2.33. The van der Waals surface area contributed by atoms with Crippen LogP contribution in [0.2, 0.25) is 0 Å². The standard InChI is InChI=1S/C27H37N3O4S/c1-20-10-14-23(15-11-20)18-29(22(3)27(32)28-24-8-6-5-7-9-24)26(31)19-30(35(4,33)34)25-16-12-21(2)13-17-25/h10-17,22,24H,5-9,18-19H2,1-4H3,(H,28,32)/t22-/m1/s1. The van der Waals surface area contributed by atoms with E-state index in [0.717, 1.165) is 52.9 Å². The zero-order valence-electron chi connectivity index (χ0n) is 21.2. The average Bonchev–Trinajstić information content (AvgIpc) is 2.82. The summed E-state index contributed by atoms with van der Waals surface area (Å²) in [6, 6.07) is 14.1. The van der Waals surface area contributed by atoms with Gasteiger partial charge in [0.05, 0.1) is 11.9 Å². The third-order valence-electron chi connectivity index (χ3n) is 6.59. The van der Waals surface area contributed by atoms with Crippen LogP contribution in [-0.4, -0.2) is 50.0 Å². The van der Waals surface area contributed by atoms with Gasteiger partial charge in [-0.1, -0.05) is 66.8 Å². The fourth-order valence-electron chi connectivity index (χ4n) is 4.37. The van der Waals surface area contributed by atoms with Crippen LogP contribution in [0.1, 0.15) is 55.7 Å². The monoisotopic (exact) mass is 499 g/mol. The van der Waals surface area contributed by atoms with Gasteiger partial charge in [0.25, 0.3) is 0 Å². The molecule has 2 amide bonds. The Balaban J connectivity index is 1.85. The molecule has 8 heteroatoms. The number of sulfonamides is 1. The second-order valence-electron chi connectivity index (χ2n) is 9.63. The molecule has 0 aliphatic heterocycles. The van der Waals surface area contributed by atoms with E-state index >= 15 is 0 Å². The summed E-state index contributed by atoms with van der Waals surface area (Å²) < 4.78 is 26.3. The molecule has 190 valence electrons. The first-order chi connectivity index (χ1) is 16.5. The Morgan fingerprint density at radius 2 is 1.49 bits per heavy atom. The number of nitrogens with one attached hydrogen (secondary N) is 1. The molecule has 0 aromatic heterocycles. The number of hydrogen-bond acceptors (Lipinski definition) is 4. The molecule has 1 aliphatic rings. The molecule has 2 aromatic carbocycles. The SMILES string of the molecule is Cc1ccc(CN(C(=O)CN(c2ccc(C)cc2)S(C)(=O)=O)[C@H](C)C(=O)NC2CCCCC2)cc1. The van der Waals surface area contributed by atoms with Crippen molar-refractivity contribution in [2.45, 2.75) is 71.5 Å². The Kier molecular flexibility index (Phi) is 8.94. The third-order valence-corrected chi connectivity index (χ3v) is 7.73. The molecule has 35 heavy (non-hydrogen) atoms. The number of carbonyl (C=O) groups is 2. The fraction of sp³-hybridized carbons (Fsp3) is 0.481. The summed E-state index contributed by atoms with van der Waals surface area (Å²) in [6.45, 7) is 5.44. The Morgan fingerprint density at radius 1 is 0.943 bits per heavy atom. The smallest absolute Gasteiger partial charge is 0.244 e. The normalized spacial score (nSPS) is 15.3. The summed E-state index contributed by atoms with van der Waals surface area (Å²) >= 11 is 0. The van der Waals surface area contributed by atoms with Crippen molar-refractivity contribution in [3.63, 3.8) is 0 Å². The quantitative estimate of drug-likeness (QED) is 0.566. The molecule has 0 bridgehead atoms. The first-order valence-corrected chi connectivity index (χ1v) is 14.1. The van der Waals surface area contributed by atoms with Crippen molar-refractivity contribution < 1.29 is 18.0 Å². The van der Waals surface area contributed by atoms with Crippen LogP contribution in [0.25, 0.3) is 0 Å². The van der Waals surface area contributed by atoms with Crippen LogP contribution in [0, 0.1) is 13.8 Å². The molecule has 0 unspecified atom stereocenters. The second-order valence-corrected chi connectivity index (χ2v) is 11.5. The van der Waals surface area contributed by atoms with Crippen molar-refractivity contribution in [2.75, 3.05) is 17.1 Å². The highest BCUT2D eigenvalue weighted by molar-refractivity contribution is 7.92. The van der Waals surface area contributed by atoms with Gasteiger partial charge < -0.3 is 10.2 Å². The van der Waals surface area contributed by atoms with E-state index in [1.165, 1.54) is 11.3 Å². The Morgan fingerprint density at radius 3 is 2.03 bits per heavy atom. The van der Waals surface area contributed by atoms with E-state index in [9.17, 15) is 18.0 Å². The molecule has 1 N–H and O–H groups in total. The van der Waals surface area contributed by atoms with Crippen molar-refractivity contribution in [1.29, 1.82) is 0 Å². The summed E-state index contributed by atoms with van der Waals surface area (Å²) in [5.74, 6) is -0.638. The minimum Gasteiger partial charge on any atom is -0.352 e. The minimum atomic E-state index is -3.72. The van der Waals surface area contributed by atoms with Crippen LogP contribution in [0.3, 0.4) is 0 Å². The third kappa shape index (κ3) is 7.56. The topological polar surface area (TPSA) is 86.8 Å². The largest absolute Gasteiger partial charge is 0.352 e. The molecule has 7 nitrogen and oxygen atoms in total. The molecule has 1 aliphatic carbocycles. The molecule has 3 rings (SSSR count). The van der Waals surface area contributed by atoms with E-state index in [0.29, 0.717) is 5.69 Å². The lowest BCUT2D eigenvalue weighted by Crippen LogP contribution is -2.52. The van der Waals surface area contributed by atoms with E-state index < -0.39 is 22.0 Å². The van der Waals surface area contributed by atoms with Gasteiger partial charge in [0.2, 0.25) is 21.8 Å². The summed E-state index contributed by atoms with van der Waals surface area (Å²) in [5.41, 5.74) is 3.38. The molecule has 0 saturated heterocycles. The van der Waals surface area contributed by atoms with Gasteiger partial charge in [0.15, 0.2) is 0 Å². The average molecular weight is 500 g/mol. The van der Waals surface area contributed by atoms with Crippen LogP contribution >= 0.6 is 0 Å². The number of benzene rings is 2. The van der Waals surface area contributed by atoms with Crippen molar-refractivity contribution in [1.82, 2.24) is 10.2 Å². The van der Waals surface area contributed by atoms with Gasteiger partial charge in [0.1, 0.15) is 12.6 Å². The molecular weight excluding hydrogens is 462 g/mol. The Hall–Kier alpha value is -2.87. The van der Waals surface area contributed by atoms with Crippen LogP contribution < -0.4 is 9.62 Å². The van der Waals surface area contributed by atoms with Crippen LogP contribution in [0.4, 0.5) is 5.69 Å². The van der Waals surface area contributed by atoms with Gasteiger partial charge in [-0.3, -0.25) is 13.9 Å². The van der Waals surface area contributed by atoms with Gasteiger partial charge in [-0.25, -0.2) is 8.42 Å². The molecule has 0 spiro atoms. The zero-order valence-corrected chi connectivity index (χ0v) is 22.0. The Labute approximate surface area is 209 Å². The molecule has 1 fully saturated rings. The van der Waals surface area contributed by atoms with Crippen molar-refractivity contribution in [2.24, 2.45) is 0 Å². The minimum absolute atomic E-state index is 0.120. The van der Waals surface area contributed by atoms with Crippen LogP contribution in [-0.2, 0) is 26.2 Å². The lowest BCUT2D eigenvalue weighted by atomic mass is 9.95. The van der Waals surface area contributed by atoms with E-state index in [2.05, 4.69) is 5.32 Å². The maximum Gasteiger partial charge on any atom is 0.244 e. The maximum atomic E-state index is 13.6. The van der Waals surface area contributed by atoms with Gasteiger partial charge in [-0.2, -0.15) is 0 Å². The van der Waals surface area contributed by atoms with Crippen LogP contribution in [0.5, 0.6) is 0 Å². The van der Waals surface area contributed by atoms with Gasteiger partial charge in [-0.05, 0) is 51.3 Å². The number of hydrogen-bond donors (Lipinski definition) is 1. The lowest BCUT2D eigenvalue weighted by molar-refractivity contribution is -0.139.